The van der Waals surface area contributed by atoms with Gasteiger partial charge in [-0.2, -0.15) is 0 Å². The summed E-state index contributed by atoms with van der Waals surface area (Å²) in [7, 11) is 0. The molecule has 1 aliphatic carbocycles. The van der Waals surface area contributed by atoms with Gasteiger partial charge in [-0.05, 0) is 35.7 Å². The second kappa shape index (κ2) is 3.59. The van der Waals surface area contributed by atoms with Gasteiger partial charge in [-0.3, -0.25) is 0 Å². The maximum absolute atomic E-state index is 5.08. The number of hydrogen-bond donors (Lipinski definition) is 2. The molecular formula is C13H14N2S. The lowest BCUT2D eigenvalue weighted by molar-refractivity contribution is 0.612. The molecule has 2 aromatic rings. The van der Waals surface area contributed by atoms with E-state index >= 15 is 0 Å². The average Bonchev–Trinajstić information content (AvgIpc) is 2.84. The number of benzene rings is 1. The fourth-order valence-corrected chi connectivity index (χ4v) is 2.90. The molecule has 0 aliphatic heterocycles. The standard InChI is InChI=1S/C13H14N2S/c1-8-10-5-3-2-4-9(10)6-11(8)12-7-14-13(16)15-12/h2-5,7-8,11H,6H2,1H3,(H2,14,15,16)/t8-,11?/m1/s1. The highest BCUT2D eigenvalue weighted by Gasteiger charge is 2.30. The van der Waals surface area contributed by atoms with Crippen molar-refractivity contribution in [3.05, 3.63) is 52.1 Å². The molecule has 1 heterocycles. The van der Waals surface area contributed by atoms with Crippen LogP contribution in [0.5, 0.6) is 0 Å². The Morgan fingerprint density at radius 1 is 1.31 bits per heavy atom. The van der Waals surface area contributed by atoms with Crippen LogP contribution in [0, 0.1) is 4.77 Å². The molecule has 1 unspecified atom stereocenters. The van der Waals surface area contributed by atoms with E-state index in [1.54, 1.807) is 0 Å². The van der Waals surface area contributed by atoms with Crippen molar-refractivity contribution < 1.29 is 0 Å². The van der Waals surface area contributed by atoms with E-state index in [0.29, 0.717) is 11.8 Å². The highest BCUT2D eigenvalue weighted by molar-refractivity contribution is 7.71. The molecule has 0 saturated heterocycles. The summed E-state index contributed by atoms with van der Waals surface area (Å²) in [4.78, 5) is 6.29. The quantitative estimate of drug-likeness (QED) is 0.722. The van der Waals surface area contributed by atoms with Gasteiger partial charge in [0.15, 0.2) is 4.77 Å². The van der Waals surface area contributed by atoms with Crippen molar-refractivity contribution in [3.8, 4) is 0 Å². The molecule has 0 radical (unpaired) electrons. The summed E-state index contributed by atoms with van der Waals surface area (Å²) < 4.78 is 0.721. The van der Waals surface area contributed by atoms with Crippen molar-refractivity contribution in [1.29, 1.82) is 0 Å². The Morgan fingerprint density at radius 2 is 2.12 bits per heavy atom. The first kappa shape index (κ1) is 9.85. The topological polar surface area (TPSA) is 31.6 Å². The van der Waals surface area contributed by atoms with Gasteiger partial charge in [-0.25, -0.2) is 0 Å². The average molecular weight is 230 g/mol. The number of fused-ring (bicyclic) bond motifs is 1. The Kier molecular flexibility index (Phi) is 2.21. The third kappa shape index (κ3) is 1.43. The van der Waals surface area contributed by atoms with Crippen molar-refractivity contribution in [3.63, 3.8) is 0 Å². The van der Waals surface area contributed by atoms with Crippen molar-refractivity contribution in [1.82, 2.24) is 9.97 Å². The zero-order valence-corrected chi connectivity index (χ0v) is 9.97. The lowest BCUT2D eigenvalue weighted by Gasteiger charge is -2.13. The normalized spacial score (nSPS) is 23.3. The minimum atomic E-state index is 0.533. The first-order chi connectivity index (χ1) is 7.75. The summed E-state index contributed by atoms with van der Waals surface area (Å²) in [5, 5.41) is 0. The van der Waals surface area contributed by atoms with E-state index in [-0.39, 0.29) is 0 Å². The summed E-state index contributed by atoms with van der Waals surface area (Å²) in [6.07, 6.45) is 3.12. The van der Waals surface area contributed by atoms with Crippen LogP contribution in [0.3, 0.4) is 0 Å². The summed E-state index contributed by atoms with van der Waals surface area (Å²) in [5.41, 5.74) is 4.18. The second-order valence-corrected chi connectivity index (χ2v) is 4.90. The van der Waals surface area contributed by atoms with Gasteiger partial charge in [0.2, 0.25) is 0 Å². The molecule has 82 valence electrons. The van der Waals surface area contributed by atoms with Gasteiger partial charge in [0.1, 0.15) is 0 Å². The van der Waals surface area contributed by atoms with Crippen LogP contribution < -0.4 is 0 Å². The number of imidazole rings is 1. The zero-order chi connectivity index (χ0) is 11.1. The predicted octanol–water partition coefficient (Wildman–Crippen LogP) is 3.52. The lowest BCUT2D eigenvalue weighted by atomic mass is 9.92. The molecule has 1 aromatic heterocycles. The van der Waals surface area contributed by atoms with Crippen LogP contribution in [0.1, 0.15) is 35.6 Å². The van der Waals surface area contributed by atoms with Crippen LogP contribution in [0.25, 0.3) is 0 Å². The van der Waals surface area contributed by atoms with E-state index in [1.807, 2.05) is 6.20 Å². The van der Waals surface area contributed by atoms with E-state index in [2.05, 4.69) is 41.2 Å². The molecule has 3 rings (SSSR count). The molecule has 16 heavy (non-hydrogen) atoms. The third-order valence-electron chi connectivity index (χ3n) is 3.61. The molecule has 2 nitrogen and oxygen atoms in total. The number of aromatic nitrogens is 2. The van der Waals surface area contributed by atoms with Crippen LogP contribution in [0.15, 0.2) is 30.5 Å². The highest BCUT2D eigenvalue weighted by Crippen LogP contribution is 2.42. The molecule has 1 aliphatic rings. The Hall–Kier alpha value is -1.35. The molecule has 2 N–H and O–H groups in total. The van der Waals surface area contributed by atoms with Crippen molar-refractivity contribution in [2.75, 3.05) is 0 Å². The Balaban J connectivity index is 2.01. The van der Waals surface area contributed by atoms with Gasteiger partial charge in [0, 0.05) is 17.8 Å². The molecule has 0 spiro atoms. The summed E-state index contributed by atoms with van der Waals surface area (Å²) in [5.74, 6) is 1.10. The van der Waals surface area contributed by atoms with Gasteiger partial charge < -0.3 is 9.97 Å². The molecule has 0 amide bonds. The predicted molar refractivity (Wildman–Crippen MR) is 67.3 cm³/mol. The molecule has 1 aromatic carbocycles. The molecule has 0 bridgehead atoms. The van der Waals surface area contributed by atoms with Crippen molar-refractivity contribution in [2.45, 2.75) is 25.2 Å². The smallest absolute Gasteiger partial charge is 0.174 e. The number of H-pyrrole nitrogens is 2. The maximum Gasteiger partial charge on any atom is 0.174 e. The minimum absolute atomic E-state index is 0.533. The fourth-order valence-electron chi connectivity index (χ4n) is 2.72. The summed E-state index contributed by atoms with van der Waals surface area (Å²) in [6.45, 7) is 2.29. The van der Waals surface area contributed by atoms with Crippen molar-refractivity contribution >= 4 is 12.2 Å². The van der Waals surface area contributed by atoms with Gasteiger partial charge in [0.25, 0.3) is 0 Å². The minimum Gasteiger partial charge on any atom is -0.337 e. The first-order valence-corrected chi connectivity index (χ1v) is 6.02. The maximum atomic E-state index is 5.08. The summed E-state index contributed by atoms with van der Waals surface area (Å²) in [6, 6.07) is 8.71. The van der Waals surface area contributed by atoms with E-state index in [1.165, 1.54) is 16.8 Å². The molecule has 3 heteroatoms. The van der Waals surface area contributed by atoms with Crippen LogP contribution >= 0.6 is 12.2 Å². The van der Waals surface area contributed by atoms with Crippen LogP contribution in [-0.2, 0) is 6.42 Å². The largest absolute Gasteiger partial charge is 0.337 e. The number of nitrogens with one attached hydrogen (secondary N) is 2. The van der Waals surface area contributed by atoms with Gasteiger partial charge >= 0.3 is 0 Å². The highest BCUT2D eigenvalue weighted by atomic mass is 32.1. The SMILES string of the molecule is C[C@@H]1c2ccccc2CC1c1c[nH]c(=S)[nH]1. The molecular weight excluding hydrogens is 216 g/mol. The number of aromatic amines is 2. The van der Waals surface area contributed by atoms with Crippen LogP contribution in [-0.4, -0.2) is 9.97 Å². The van der Waals surface area contributed by atoms with Gasteiger partial charge in [0.05, 0.1) is 0 Å². The lowest BCUT2D eigenvalue weighted by Crippen LogP contribution is -2.02. The monoisotopic (exact) mass is 230 g/mol. The molecule has 0 saturated carbocycles. The van der Waals surface area contributed by atoms with E-state index in [9.17, 15) is 0 Å². The van der Waals surface area contributed by atoms with Gasteiger partial charge in [-0.1, -0.05) is 31.2 Å². The number of rotatable bonds is 1. The van der Waals surface area contributed by atoms with E-state index in [0.717, 1.165) is 11.2 Å². The summed E-state index contributed by atoms with van der Waals surface area (Å²) >= 11 is 5.08. The van der Waals surface area contributed by atoms with Crippen LogP contribution in [0.4, 0.5) is 0 Å². The Labute approximate surface area is 99.7 Å². The third-order valence-corrected chi connectivity index (χ3v) is 3.83. The first-order valence-electron chi connectivity index (χ1n) is 5.61. The molecule has 2 atom stereocenters. The van der Waals surface area contributed by atoms with E-state index < -0.39 is 0 Å². The molecule has 0 fully saturated rings. The zero-order valence-electron chi connectivity index (χ0n) is 9.16. The number of hydrogen-bond acceptors (Lipinski definition) is 1. The van der Waals surface area contributed by atoms with Crippen molar-refractivity contribution in [2.24, 2.45) is 0 Å². The second-order valence-electron chi connectivity index (χ2n) is 4.50. The van der Waals surface area contributed by atoms with E-state index in [4.69, 9.17) is 12.2 Å². The fraction of sp³-hybridized carbons (Fsp3) is 0.308. The Bertz CT molecular complexity index is 567. The van der Waals surface area contributed by atoms with Gasteiger partial charge in [-0.15, -0.1) is 0 Å². The van der Waals surface area contributed by atoms with Crippen LogP contribution in [0.2, 0.25) is 0 Å². The Morgan fingerprint density at radius 3 is 2.81 bits per heavy atom.